The van der Waals surface area contributed by atoms with Crippen molar-refractivity contribution >= 4 is 24.5 Å². The van der Waals surface area contributed by atoms with Crippen LogP contribution in [0.25, 0.3) is 0 Å². The van der Waals surface area contributed by atoms with Crippen molar-refractivity contribution < 1.29 is 28.4 Å². The highest BCUT2D eigenvalue weighted by Crippen LogP contribution is 2.24. The van der Waals surface area contributed by atoms with E-state index >= 15 is 0 Å². The molecule has 21 heavy (non-hydrogen) atoms. The highest BCUT2D eigenvalue weighted by molar-refractivity contribution is 6.64. The van der Waals surface area contributed by atoms with Crippen LogP contribution in [-0.4, -0.2) is 58.3 Å². The third-order valence-corrected chi connectivity index (χ3v) is 2.95. The van der Waals surface area contributed by atoms with Gasteiger partial charge in [0.25, 0.3) is 0 Å². The molecule has 8 heteroatoms. The lowest BCUT2D eigenvalue weighted by molar-refractivity contribution is -0.145. The summed E-state index contributed by atoms with van der Waals surface area (Å²) in [7, 11) is 3.56. The fourth-order valence-corrected chi connectivity index (χ4v) is 1.97. The van der Waals surface area contributed by atoms with Crippen LogP contribution in [0.2, 0.25) is 0 Å². The van der Waals surface area contributed by atoms with Crippen molar-refractivity contribution in [2.24, 2.45) is 0 Å². The molecule has 0 radical (unpaired) electrons. The molecule has 1 aliphatic rings. The Labute approximate surface area is 122 Å². The van der Waals surface area contributed by atoms with Gasteiger partial charge in [-0.15, -0.1) is 0 Å². The number of benzene rings is 1. The maximum atomic E-state index is 11.7. The van der Waals surface area contributed by atoms with Gasteiger partial charge in [-0.2, -0.15) is 0 Å². The zero-order valence-corrected chi connectivity index (χ0v) is 12.1. The zero-order valence-electron chi connectivity index (χ0n) is 12.1. The molecule has 7 nitrogen and oxygen atoms in total. The lowest BCUT2D eigenvalue weighted by atomic mass is 9.78. The molecule has 2 rings (SSSR count). The van der Waals surface area contributed by atoms with Crippen LogP contribution in [0.4, 0.5) is 0 Å². The second kappa shape index (κ2) is 6.49. The summed E-state index contributed by atoms with van der Waals surface area (Å²) in [5, 5.41) is 0. The first-order chi connectivity index (χ1) is 10.0. The molecule has 1 saturated heterocycles. The normalized spacial score (nSPS) is 16.6. The first-order valence-electron chi connectivity index (χ1n) is 6.33. The highest BCUT2D eigenvalue weighted by atomic mass is 16.6. The number of hydrogen-bond donors (Lipinski definition) is 0. The van der Waals surface area contributed by atoms with Crippen molar-refractivity contribution in [2.45, 2.75) is 0 Å². The molecule has 1 aromatic carbocycles. The van der Waals surface area contributed by atoms with E-state index in [0.29, 0.717) is 17.0 Å². The second-order valence-corrected chi connectivity index (χ2v) is 4.60. The molecule has 0 unspecified atom stereocenters. The topological polar surface area (TPSA) is 74.3 Å². The smallest absolute Gasteiger partial charge is 0.494 e. The second-order valence-electron chi connectivity index (χ2n) is 4.60. The molecular formula is C13H16BNO6. The summed E-state index contributed by atoms with van der Waals surface area (Å²) >= 11 is 0. The van der Waals surface area contributed by atoms with Gasteiger partial charge >= 0.3 is 19.1 Å². The molecule has 0 amide bonds. The van der Waals surface area contributed by atoms with Crippen LogP contribution >= 0.6 is 0 Å². The Morgan fingerprint density at radius 1 is 1.05 bits per heavy atom. The van der Waals surface area contributed by atoms with E-state index in [-0.39, 0.29) is 13.1 Å². The summed E-state index contributed by atoms with van der Waals surface area (Å²) in [5.41, 5.74) is 0.499. The number of carbonyl (C=O) groups is 2. The molecule has 0 saturated carbocycles. The molecule has 1 aliphatic heterocycles. The highest BCUT2D eigenvalue weighted by Gasteiger charge is 2.34. The molecule has 1 aromatic rings. The van der Waals surface area contributed by atoms with E-state index in [4.69, 9.17) is 18.8 Å². The van der Waals surface area contributed by atoms with Gasteiger partial charge in [0.05, 0.1) is 27.3 Å². The first kappa shape index (κ1) is 15.2. The average Bonchev–Trinajstić information content (AvgIpc) is 2.43. The van der Waals surface area contributed by atoms with Gasteiger partial charge in [0.15, 0.2) is 11.5 Å². The van der Waals surface area contributed by atoms with Gasteiger partial charge < -0.3 is 18.8 Å². The summed E-state index contributed by atoms with van der Waals surface area (Å²) < 4.78 is 20.7. The molecule has 0 spiro atoms. The van der Waals surface area contributed by atoms with Crippen LogP contribution in [0.15, 0.2) is 18.2 Å². The molecule has 0 aromatic heterocycles. The van der Waals surface area contributed by atoms with Gasteiger partial charge in [0.2, 0.25) is 0 Å². The SMILES string of the molecule is COc1ccc(B2OC(=O)CN(C)CC(=O)O2)cc1OC. The number of carbonyl (C=O) groups excluding carboxylic acids is 2. The Kier molecular flexibility index (Phi) is 4.69. The van der Waals surface area contributed by atoms with E-state index < -0.39 is 19.1 Å². The molecule has 112 valence electrons. The van der Waals surface area contributed by atoms with Gasteiger partial charge in [-0.05, 0) is 19.2 Å². The summed E-state index contributed by atoms with van der Waals surface area (Å²) in [6.45, 7) is 0.0534. The average molecular weight is 293 g/mol. The monoisotopic (exact) mass is 293 g/mol. The summed E-state index contributed by atoms with van der Waals surface area (Å²) in [5.74, 6) is 0.0559. The van der Waals surface area contributed by atoms with Crippen LogP contribution in [0.3, 0.4) is 0 Å². The number of nitrogens with zero attached hydrogens (tertiary/aromatic N) is 1. The summed E-state index contributed by atoms with van der Waals surface area (Å²) in [4.78, 5) is 24.9. The standard InChI is InChI=1S/C13H16BNO6/c1-15-7-12(16)20-14(21-13(17)8-15)9-4-5-10(18-2)11(6-9)19-3/h4-6H,7-8H2,1-3H3. The minimum atomic E-state index is -1.08. The zero-order chi connectivity index (χ0) is 15.4. The number of methoxy groups -OCH3 is 2. The molecule has 1 heterocycles. The third kappa shape index (κ3) is 3.66. The predicted octanol–water partition coefficient (Wildman–Crippen LogP) is -0.569. The number of likely N-dealkylation sites (N-methyl/N-ethyl adjacent to an activating group) is 1. The molecule has 0 aliphatic carbocycles. The maximum Gasteiger partial charge on any atom is 0.636 e. The Morgan fingerprint density at radius 3 is 2.14 bits per heavy atom. The van der Waals surface area contributed by atoms with Crippen molar-refractivity contribution in [2.75, 3.05) is 34.4 Å². The summed E-state index contributed by atoms with van der Waals surface area (Å²) in [6, 6.07) is 4.91. The Bertz CT molecular complexity index is 529. The maximum absolute atomic E-state index is 11.7. The minimum Gasteiger partial charge on any atom is -0.494 e. The van der Waals surface area contributed by atoms with Crippen molar-refractivity contribution in [3.05, 3.63) is 18.2 Å². The van der Waals surface area contributed by atoms with Crippen LogP contribution in [0.1, 0.15) is 0 Å². The van der Waals surface area contributed by atoms with Gasteiger partial charge in [-0.1, -0.05) is 6.07 Å². The predicted molar refractivity (Wildman–Crippen MR) is 74.6 cm³/mol. The Morgan fingerprint density at radius 2 is 1.62 bits per heavy atom. The van der Waals surface area contributed by atoms with Crippen molar-refractivity contribution in [3.63, 3.8) is 0 Å². The minimum absolute atomic E-state index is 0.0267. The number of ether oxygens (including phenoxy) is 2. The van der Waals surface area contributed by atoms with E-state index in [9.17, 15) is 9.59 Å². The molecule has 0 N–H and O–H groups in total. The molecule has 1 fully saturated rings. The largest absolute Gasteiger partial charge is 0.636 e. The molecule has 0 atom stereocenters. The van der Waals surface area contributed by atoms with Crippen LogP contribution in [0, 0.1) is 0 Å². The van der Waals surface area contributed by atoms with Crippen molar-refractivity contribution in [1.29, 1.82) is 0 Å². The Hall–Kier alpha value is -2.22. The lowest BCUT2D eigenvalue weighted by Crippen LogP contribution is -2.47. The third-order valence-electron chi connectivity index (χ3n) is 2.95. The summed E-state index contributed by atoms with van der Waals surface area (Å²) in [6.07, 6.45) is 0. The Balaban J connectivity index is 2.26. The van der Waals surface area contributed by atoms with Gasteiger partial charge in [0, 0.05) is 5.46 Å². The quantitative estimate of drug-likeness (QED) is 0.691. The van der Waals surface area contributed by atoms with E-state index in [1.807, 2.05) is 0 Å². The molecule has 0 bridgehead atoms. The lowest BCUT2D eigenvalue weighted by Gasteiger charge is -2.22. The number of hydrogen-bond acceptors (Lipinski definition) is 7. The van der Waals surface area contributed by atoms with Gasteiger partial charge in [0.1, 0.15) is 0 Å². The van der Waals surface area contributed by atoms with E-state index in [2.05, 4.69) is 0 Å². The van der Waals surface area contributed by atoms with E-state index in [1.54, 1.807) is 25.2 Å². The number of rotatable bonds is 3. The van der Waals surface area contributed by atoms with E-state index in [0.717, 1.165) is 0 Å². The fraction of sp³-hybridized carbons (Fsp3) is 0.385. The van der Waals surface area contributed by atoms with Crippen LogP contribution in [-0.2, 0) is 18.9 Å². The molecular weight excluding hydrogens is 277 g/mol. The van der Waals surface area contributed by atoms with E-state index in [1.165, 1.54) is 19.1 Å². The van der Waals surface area contributed by atoms with Crippen molar-refractivity contribution in [3.8, 4) is 11.5 Å². The van der Waals surface area contributed by atoms with Crippen LogP contribution < -0.4 is 14.9 Å². The van der Waals surface area contributed by atoms with Gasteiger partial charge in [-0.3, -0.25) is 14.5 Å². The van der Waals surface area contributed by atoms with Crippen LogP contribution in [0.5, 0.6) is 11.5 Å². The first-order valence-corrected chi connectivity index (χ1v) is 6.33. The van der Waals surface area contributed by atoms with Crippen molar-refractivity contribution in [1.82, 2.24) is 4.90 Å². The van der Waals surface area contributed by atoms with Gasteiger partial charge in [-0.25, -0.2) is 0 Å². The fourth-order valence-electron chi connectivity index (χ4n) is 1.97.